The van der Waals surface area contributed by atoms with Crippen molar-refractivity contribution >= 4 is 56.8 Å². The van der Waals surface area contributed by atoms with Crippen molar-refractivity contribution in [2.45, 2.75) is 37.1 Å². The summed E-state index contributed by atoms with van der Waals surface area (Å²) in [7, 11) is 3.91. The first-order valence-corrected chi connectivity index (χ1v) is 14.8. The van der Waals surface area contributed by atoms with Crippen LogP contribution in [0.15, 0.2) is 82.8 Å². The average molecular weight is 641 g/mol. The van der Waals surface area contributed by atoms with Crippen LogP contribution in [0.4, 0.5) is 5.69 Å². The molecule has 40 heavy (non-hydrogen) atoms. The smallest absolute Gasteiger partial charge is 0.338 e. The summed E-state index contributed by atoms with van der Waals surface area (Å²) in [6, 6.07) is 10.7. The van der Waals surface area contributed by atoms with Gasteiger partial charge in [0.15, 0.2) is 15.1 Å². The fourth-order valence-corrected chi connectivity index (χ4v) is 6.60. The SMILES string of the molecule is CCOC(=O)C1=C(C)N=c2s/c(=C/c3cc(Br)c(Sc4nccc(C)n4)o3)c(=O)n2[C@H]1c1ccc(N(C)C)cc1. The summed E-state index contributed by atoms with van der Waals surface area (Å²) < 4.78 is 14.1. The second kappa shape index (κ2) is 11.6. The second-order valence-corrected chi connectivity index (χ2v) is 12.0. The molecule has 0 saturated carbocycles. The number of esters is 1. The van der Waals surface area contributed by atoms with Gasteiger partial charge >= 0.3 is 5.97 Å². The summed E-state index contributed by atoms with van der Waals surface area (Å²) in [4.78, 5) is 42.7. The maximum Gasteiger partial charge on any atom is 0.338 e. The third-order valence-corrected chi connectivity index (χ3v) is 8.85. The predicted molar refractivity (Wildman–Crippen MR) is 158 cm³/mol. The molecule has 1 aromatic carbocycles. The number of nitrogens with zero attached hydrogens (tertiary/aromatic N) is 5. The Morgan fingerprint density at radius 1 is 1.25 bits per heavy atom. The van der Waals surface area contributed by atoms with Crippen molar-refractivity contribution in [3.05, 3.63) is 95.0 Å². The van der Waals surface area contributed by atoms with Crippen LogP contribution < -0.4 is 19.8 Å². The monoisotopic (exact) mass is 639 g/mol. The van der Waals surface area contributed by atoms with Crippen LogP contribution in [0.1, 0.15) is 36.9 Å². The maximum atomic E-state index is 13.9. The molecule has 0 fully saturated rings. The Labute approximate surface area is 247 Å². The molecule has 0 radical (unpaired) electrons. The Balaban J connectivity index is 1.60. The molecule has 206 valence electrons. The fraction of sp³-hybridized carbons (Fsp3) is 0.250. The third-order valence-electron chi connectivity index (χ3n) is 6.15. The molecular formula is C28H26BrN5O4S2. The first-order valence-electron chi connectivity index (χ1n) is 12.4. The van der Waals surface area contributed by atoms with Crippen LogP contribution in [0.25, 0.3) is 6.08 Å². The Hall–Kier alpha value is -3.48. The Morgan fingerprint density at radius 3 is 2.67 bits per heavy atom. The zero-order chi connectivity index (χ0) is 28.6. The van der Waals surface area contributed by atoms with Crippen molar-refractivity contribution in [3.63, 3.8) is 0 Å². The molecule has 0 N–H and O–H groups in total. The summed E-state index contributed by atoms with van der Waals surface area (Å²) in [5.41, 5.74) is 3.23. The number of thiazole rings is 1. The van der Waals surface area contributed by atoms with Crippen LogP contribution in [0.3, 0.4) is 0 Å². The zero-order valence-corrected chi connectivity index (χ0v) is 25.7. The number of aryl methyl sites for hydroxylation is 1. The molecule has 0 bridgehead atoms. The number of allylic oxidation sites excluding steroid dienone is 1. The highest BCUT2D eigenvalue weighted by Gasteiger charge is 2.33. The number of hydrogen-bond acceptors (Lipinski definition) is 10. The minimum atomic E-state index is -0.679. The lowest BCUT2D eigenvalue weighted by Crippen LogP contribution is -2.39. The lowest BCUT2D eigenvalue weighted by molar-refractivity contribution is -0.139. The van der Waals surface area contributed by atoms with Gasteiger partial charge in [-0.15, -0.1) is 0 Å². The van der Waals surface area contributed by atoms with E-state index in [1.54, 1.807) is 36.8 Å². The fourth-order valence-electron chi connectivity index (χ4n) is 4.26. The number of aromatic nitrogens is 3. The Bertz CT molecular complexity index is 1810. The number of hydrogen-bond donors (Lipinski definition) is 0. The molecule has 1 aliphatic heterocycles. The molecule has 4 heterocycles. The highest BCUT2D eigenvalue weighted by molar-refractivity contribution is 9.10. The van der Waals surface area contributed by atoms with Crippen LogP contribution in [0, 0.1) is 6.92 Å². The van der Waals surface area contributed by atoms with Gasteiger partial charge in [0.05, 0.1) is 32.9 Å². The number of benzene rings is 1. The summed E-state index contributed by atoms with van der Waals surface area (Å²) in [5, 5.41) is 1.13. The molecule has 0 aliphatic carbocycles. The second-order valence-electron chi connectivity index (χ2n) is 9.16. The van der Waals surface area contributed by atoms with Crippen molar-refractivity contribution in [3.8, 4) is 0 Å². The molecular weight excluding hydrogens is 614 g/mol. The van der Waals surface area contributed by atoms with Gasteiger partial charge < -0.3 is 14.1 Å². The number of fused-ring (bicyclic) bond motifs is 1. The standard InChI is InChI=1S/C28H26BrN5O4S2/c1-6-37-25(36)22-16(3)32-28-34(23(22)17-7-9-18(10-8-17)33(4)5)24(35)21(39-28)14-19-13-20(29)26(38-19)40-27-30-12-11-15(2)31-27/h7-14,23H,6H2,1-5H3/b21-14+/t23-/m0/s1. The number of furan rings is 1. The van der Waals surface area contributed by atoms with Crippen LogP contribution in [0.5, 0.6) is 0 Å². The topological polar surface area (TPSA) is 103 Å². The lowest BCUT2D eigenvalue weighted by Gasteiger charge is -2.25. The summed E-state index contributed by atoms with van der Waals surface area (Å²) in [5.74, 6) is -0.00442. The lowest BCUT2D eigenvalue weighted by atomic mass is 9.95. The van der Waals surface area contributed by atoms with Gasteiger partial charge in [-0.2, -0.15) is 0 Å². The number of carbonyl (C=O) groups excluding carboxylic acids is 1. The van der Waals surface area contributed by atoms with Gasteiger partial charge in [-0.1, -0.05) is 23.5 Å². The van der Waals surface area contributed by atoms with E-state index < -0.39 is 12.0 Å². The highest BCUT2D eigenvalue weighted by Crippen LogP contribution is 2.35. The average Bonchev–Trinajstić information content (AvgIpc) is 3.41. The molecule has 0 amide bonds. The van der Waals surface area contributed by atoms with Crippen LogP contribution >= 0.6 is 39.0 Å². The molecule has 0 unspecified atom stereocenters. The van der Waals surface area contributed by atoms with Gasteiger partial charge in [-0.25, -0.2) is 19.8 Å². The van der Waals surface area contributed by atoms with Gasteiger partial charge in [0.25, 0.3) is 5.56 Å². The third kappa shape index (κ3) is 5.56. The highest BCUT2D eigenvalue weighted by atomic mass is 79.9. The van der Waals surface area contributed by atoms with E-state index in [9.17, 15) is 9.59 Å². The molecule has 0 saturated heterocycles. The zero-order valence-electron chi connectivity index (χ0n) is 22.5. The Morgan fingerprint density at radius 2 is 2.00 bits per heavy atom. The van der Waals surface area contributed by atoms with Gasteiger partial charge in [0.2, 0.25) is 0 Å². The normalized spacial score (nSPS) is 15.2. The predicted octanol–water partition coefficient (Wildman–Crippen LogP) is 4.47. The molecule has 9 nitrogen and oxygen atoms in total. The van der Waals surface area contributed by atoms with Gasteiger partial charge in [0, 0.05) is 37.7 Å². The minimum absolute atomic E-state index is 0.216. The maximum absolute atomic E-state index is 13.9. The number of halogens is 1. The minimum Gasteiger partial charge on any atom is -0.463 e. The van der Waals surface area contributed by atoms with Crippen LogP contribution in [0.2, 0.25) is 0 Å². The van der Waals surface area contributed by atoms with Gasteiger partial charge in [-0.05, 0) is 78.3 Å². The van der Waals surface area contributed by atoms with Crippen molar-refractivity contribution in [2.75, 3.05) is 25.6 Å². The molecule has 4 aromatic rings. The molecule has 1 atom stereocenters. The number of rotatable bonds is 7. The quantitative estimate of drug-likeness (QED) is 0.216. The molecule has 12 heteroatoms. The van der Waals surface area contributed by atoms with E-state index in [4.69, 9.17) is 9.15 Å². The largest absolute Gasteiger partial charge is 0.463 e. The molecule has 0 spiro atoms. The van der Waals surface area contributed by atoms with E-state index in [-0.39, 0.29) is 12.2 Å². The van der Waals surface area contributed by atoms with Crippen molar-refractivity contribution in [1.82, 2.24) is 14.5 Å². The first kappa shape index (κ1) is 28.1. The molecule has 3 aromatic heterocycles. The van der Waals surface area contributed by atoms with Crippen molar-refractivity contribution in [2.24, 2.45) is 4.99 Å². The van der Waals surface area contributed by atoms with Crippen LogP contribution in [-0.2, 0) is 9.53 Å². The molecule has 5 rings (SSSR count). The number of carbonyl (C=O) groups is 1. The van der Waals surface area contributed by atoms with Crippen molar-refractivity contribution in [1.29, 1.82) is 0 Å². The van der Waals surface area contributed by atoms with Crippen LogP contribution in [-0.4, -0.2) is 41.2 Å². The number of ether oxygens (including phenoxy) is 1. The summed E-state index contributed by atoms with van der Waals surface area (Å²) in [6.07, 6.45) is 3.38. The van der Waals surface area contributed by atoms with Gasteiger partial charge in [0.1, 0.15) is 5.76 Å². The van der Waals surface area contributed by atoms with Gasteiger partial charge in [-0.3, -0.25) is 9.36 Å². The van der Waals surface area contributed by atoms with Crippen molar-refractivity contribution < 1.29 is 13.9 Å². The van der Waals surface area contributed by atoms with E-state index in [2.05, 4.69) is 30.9 Å². The van der Waals surface area contributed by atoms with E-state index >= 15 is 0 Å². The summed E-state index contributed by atoms with van der Waals surface area (Å²) >= 11 is 6.06. The Kier molecular flexibility index (Phi) is 8.11. The van der Waals surface area contributed by atoms with E-state index in [1.807, 2.05) is 56.3 Å². The van der Waals surface area contributed by atoms with E-state index in [0.717, 1.165) is 21.4 Å². The first-order chi connectivity index (χ1) is 19.2. The number of anilines is 1. The van der Waals surface area contributed by atoms with E-state index in [0.29, 0.717) is 36.6 Å². The van der Waals surface area contributed by atoms with E-state index in [1.165, 1.54) is 23.1 Å². The summed E-state index contributed by atoms with van der Waals surface area (Å²) in [6.45, 7) is 5.63. The molecule has 1 aliphatic rings.